The van der Waals surface area contributed by atoms with Gasteiger partial charge in [0.25, 0.3) is 5.91 Å². The fourth-order valence-electron chi connectivity index (χ4n) is 3.23. The maximum atomic E-state index is 12.3. The molecule has 1 aromatic heterocycles. The number of carbonyl (C=O) groups excluding carboxylic acids is 2. The molecule has 0 aliphatic heterocycles. The predicted molar refractivity (Wildman–Crippen MR) is 106 cm³/mol. The van der Waals surface area contributed by atoms with Gasteiger partial charge in [-0.3, -0.25) is 14.9 Å². The highest BCUT2D eigenvalue weighted by Crippen LogP contribution is 2.23. The number of hydrogen-bond donors (Lipinski definition) is 2. The maximum absolute atomic E-state index is 12.3. The monoisotopic (exact) mass is 387 g/mol. The quantitative estimate of drug-likeness (QED) is 0.760. The lowest BCUT2D eigenvalue weighted by atomic mass is 9.89. The highest BCUT2D eigenvalue weighted by atomic mass is 32.1. The van der Waals surface area contributed by atoms with Crippen LogP contribution in [0, 0.1) is 5.92 Å². The van der Waals surface area contributed by atoms with Gasteiger partial charge in [0, 0.05) is 17.5 Å². The van der Waals surface area contributed by atoms with Gasteiger partial charge in [-0.25, -0.2) is 4.98 Å². The molecule has 6 nitrogen and oxygen atoms in total. The number of methoxy groups -OCH3 is 1. The molecule has 0 atom stereocenters. The summed E-state index contributed by atoms with van der Waals surface area (Å²) in [7, 11) is 1.58. The van der Waals surface area contributed by atoms with E-state index in [1.807, 2.05) is 5.38 Å². The number of anilines is 1. The van der Waals surface area contributed by atoms with E-state index in [0.717, 1.165) is 6.54 Å². The van der Waals surface area contributed by atoms with E-state index in [4.69, 9.17) is 4.74 Å². The van der Waals surface area contributed by atoms with Gasteiger partial charge in [0.1, 0.15) is 5.75 Å². The molecule has 144 valence electrons. The minimum Gasteiger partial charge on any atom is -0.497 e. The molecule has 0 saturated heterocycles. The molecule has 2 N–H and O–H groups in total. The first-order valence-electron chi connectivity index (χ1n) is 9.30. The number of nitrogens with zero attached hydrogens (tertiary/aromatic N) is 1. The van der Waals surface area contributed by atoms with Crippen molar-refractivity contribution in [3.05, 3.63) is 40.9 Å². The van der Waals surface area contributed by atoms with E-state index in [2.05, 4.69) is 15.6 Å². The van der Waals surface area contributed by atoms with Crippen molar-refractivity contribution in [2.24, 2.45) is 5.92 Å². The highest BCUT2D eigenvalue weighted by Gasteiger charge is 2.15. The summed E-state index contributed by atoms with van der Waals surface area (Å²) < 4.78 is 5.09. The third kappa shape index (κ3) is 5.79. The summed E-state index contributed by atoms with van der Waals surface area (Å²) in [6.45, 7) is 0.754. The molecule has 0 radical (unpaired) electrons. The molecule has 1 saturated carbocycles. The van der Waals surface area contributed by atoms with Crippen LogP contribution >= 0.6 is 11.3 Å². The minimum atomic E-state index is -0.236. The Morgan fingerprint density at radius 1 is 1.19 bits per heavy atom. The third-order valence-corrected chi connectivity index (χ3v) is 5.59. The first-order valence-corrected chi connectivity index (χ1v) is 10.2. The number of aromatic nitrogens is 1. The fourth-order valence-corrected chi connectivity index (χ4v) is 3.94. The normalized spacial score (nSPS) is 14.6. The van der Waals surface area contributed by atoms with Crippen LogP contribution in [0.5, 0.6) is 5.75 Å². The van der Waals surface area contributed by atoms with Crippen LogP contribution in [0.2, 0.25) is 0 Å². The van der Waals surface area contributed by atoms with Gasteiger partial charge in [-0.1, -0.05) is 19.3 Å². The van der Waals surface area contributed by atoms with Crippen LogP contribution in [-0.2, 0) is 11.2 Å². The highest BCUT2D eigenvalue weighted by molar-refractivity contribution is 7.14. The van der Waals surface area contributed by atoms with Crippen LogP contribution in [0.25, 0.3) is 0 Å². The van der Waals surface area contributed by atoms with E-state index in [-0.39, 0.29) is 18.2 Å². The molecule has 7 heteroatoms. The van der Waals surface area contributed by atoms with Gasteiger partial charge in [0.2, 0.25) is 5.91 Å². The van der Waals surface area contributed by atoms with Crippen molar-refractivity contribution in [3.63, 3.8) is 0 Å². The Morgan fingerprint density at radius 2 is 1.93 bits per heavy atom. The molecular weight excluding hydrogens is 362 g/mol. The largest absolute Gasteiger partial charge is 0.497 e. The molecule has 2 amide bonds. The van der Waals surface area contributed by atoms with E-state index in [1.54, 1.807) is 31.4 Å². The fraction of sp³-hybridized carbons (Fsp3) is 0.450. The summed E-state index contributed by atoms with van der Waals surface area (Å²) >= 11 is 1.32. The standard InChI is InChI=1S/C20H25N3O3S/c1-26-17-9-7-15(8-10-17)19(25)23-20-22-16(13-27-20)11-18(24)21-12-14-5-3-2-4-6-14/h7-10,13-14H,2-6,11-12H2,1H3,(H,21,24)(H,22,23,25). The second-order valence-electron chi connectivity index (χ2n) is 6.81. The van der Waals surface area contributed by atoms with E-state index in [9.17, 15) is 9.59 Å². The first-order chi connectivity index (χ1) is 13.1. The smallest absolute Gasteiger partial charge is 0.257 e. The van der Waals surface area contributed by atoms with Crippen LogP contribution in [0.3, 0.4) is 0 Å². The number of hydrogen-bond acceptors (Lipinski definition) is 5. The molecule has 1 aliphatic carbocycles. The number of carbonyl (C=O) groups is 2. The molecule has 1 fully saturated rings. The Morgan fingerprint density at radius 3 is 2.63 bits per heavy atom. The molecule has 0 spiro atoms. The van der Waals surface area contributed by atoms with Crippen molar-refractivity contribution in [2.45, 2.75) is 38.5 Å². The number of nitrogens with one attached hydrogen (secondary N) is 2. The lowest BCUT2D eigenvalue weighted by molar-refractivity contribution is -0.120. The lowest BCUT2D eigenvalue weighted by Crippen LogP contribution is -2.31. The van der Waals surface area contributed by atoms with Gasteiger partial charge in [0.05, 0.1) is 19.2 Å². The van der Waals surface area contributed by atoms with Crippen LogP contribution in [-0.4, -0.2) is 30.5 Å². The summed E-state index contributed by atoms with van der Waals surface area (Å²) in [5.41, 5.74) is 1.20. The van der Waals surface area contributed by atoms with Gasteiger partial charge in [-0.15, -0.1) is 11.3 Å². The predicted octanol–water partition coefficient (Wildman–Crippen LogP) is 3.64. The maximum Gasteiger partial charge on any atom is 0.257 e. The molecule has 0 bridgehead atoms. The van der Waals surface area contributed by atoms with E-state index in [0.29, 0.717) is 28.1 Å². The van der Waals surface area contributed by atoms with Crippen LogP contribution < -0.4 is 15.4 Å². The van der Waals surface area contributed by atoms with E-state index >= 15 is 0 Å². The molecular formula is C20H25N3O3S. The topological polar surface area (TPSA) is 80.3 Å². The Kier molecular flexibility index (Phi) is 6.81. The molecule has 3 rings (SSSR count). The number of thiazole rings is 1. The summed E-state index contributed by atoms with van der Waals surface area (Å²) in [4.78, 5) is 28.7. The SMILES string of the molecule is COc1ccc(C(=O)Nc2nc(CC(=O)NCC3CCCCC3)cs2)cc1. The molecule has 1 aromatic carbocycles. The minimum absolute atomic E-state index is 0.0149. The Labute approximate surface area is 163 Å². The van der Waals surface area contributed by atoms with Crippen LogP contribution in [0.1, 0.15) is 48.2 Å². The van der Waals surface area contributed by atoms with Gasteiger partial charge in [-0.05, 0) is 43.0 Å². The van der Waals surface area contributed by atoms with Gasteiger partial charge in [-0.2, -0.15) is 0 Å². The Bertz CT molecular complexity index is 767. The number of rotatable bonds is 7. The van der Waals surface area contributed by atoms with Gasteiger partial charge >= 0.3 is 0 Å². The molecule has 0 unspecified atom stereocenters. The zero-order valence-electron chi connectivity index (χ0n) is 15.5. The molecule has 1 heterocycles. The van der Waals surface area contributed by atoms with E-state index in [1.165, 1.54) is 43.4 Å². The second kappa shape index (κ2) is 9.50. The summed E-state index contributed by atoms with van der Waals surface area (Å²) in [6, 6.07) is 6.86. The average Bonchev–Trinajstić information content (AvgIpc) is 3.14. The lowest BCUT2D eigenvalue weighted by Gasteiger charge is -2.21. The number of benzene rings is 1. The zero-order chi connectivity index (χ0) is 19.1. The molecule has 1 aliphatic rings. The van der Waals surface area contributed by atoms with Crippen molar-refractivity contribution in [1.29, 1.82) is 0 Å². The summed E-state index contributed by atoms with van der Waals surface area (Å²) in [6.07, 6.45) is 6.50. The first kappa shape index (κ1) is 19.4. The summed E-state index contributed by atoms with van der Waals surface area (Å²) in [5, 5.41) is 8.08. The Balaban J connectivity index is 1.47. The number of amides is 2. The van der Waals surface area contributed by atoms with Crippen molar-refractivity contribution in [2.75, 3.05) is 19.0 Å². The summed E-state index contributed by atoms with van der Waals surface area (Å²) in [5.74, 6) is 1.05. The van der Waals surface area contributed by atoms with Gasteiger partial charge in [0.15, 0.2) is 5.13 Å². The second-order valence-corrected chi connectivity index (χ2v) is 7.67. The zero-order valence-corrected chi connectivity index (χ0v) is 16.3. The molecule has 2 aromatic rings. The van der Waals surface area contributed by atoms with Crippen molar-refractivity contribution in [3.8, 4) is 5.75 Å². The number of ether oxygens (including phenoxy) is 1. The van der Waals surface area contributed by atoms with Crippen molar-refractivity contribution in [1.82, 2.24) is 10.3 Å². The van der Waals surface area contributed by atoms with Crippen LogP contribution in [0.4, 0.5) is 5.13 Å². The van der Waals surface area contributed by atoms with Crippen molar-refractivity contribution < 1.29 is 14.3 Å². The average molecular weight is 388 g/mol. The Hall–Kier alpha value is -2.41. The van der Waals surface area contributed by atoms with Gasteiger partial charge < -0.3 is 10.1 Å². The van der Waals surface area contributed by atoms with Crippen LogP contribution in [0.15, 0.2) is 29.6 Å². The van der Waals surface area contributed by atoms with E-state index < -0.39 is 0 Å². The molecule has 27 heavy (non-hydrogen) atoms. The third-order valence-electron chi connectivity index (χ3n) is 4.78. The van der Waals surface area contributed by atoms with Crippen molar-refractivity contribution >= 4 is 28.3 Å².